The standard InChI is InChI=1S/C14H14ClN3/c1-3-10(11-6-4-5-7-13(11)15)12-9-17-18(2)14(12)8-16/h4-7,9-10H,3H2,1-2H3/t10-/m0/s1. The Bertz CT molecular complexity index is 595. The highest BCUT2D eigenvalue weighted by Crippen LogP contribution is 2.33. The number of nitriles is 1. The SMILES string of the molecule is CC[C@@H](c1ccccc1Cl)c1cnn(C)c1C#N. The quantitative estimate of drug-likeness (QED) is 0.847. The van der Waals surface area contributed by atoms with Crippen LogP contribution in [0.3, 0.4) is 0 Å². The van der Waals surface area contributed by atoms with E-state index in [4.69, 9.17) is 11.6 Å². The summed E-state index contributed by atoms with van der Waals surface area (Å²) in [6.45, 7) is 2.09. The van der Waals surface area contributed by atoms with Gasteiger partial charge in [-0.15, -0.1) is 0 Å². The lowest BCUT2D eigenvalue weighted by molar-refractivity contribution is 0.743. The normalized spacial score (nSPS) is 12.1. The van der Waals surface area contributed by atoms with Gasteiger partial charge in [0.15, 0.2) is 0 Å². The summed E-state index contributed by atoms with van der Waals surface area (Å²) in [5.41, 5.74) is 2.59. The summed E-state index contributed by atoms with van der Waals surface area (Å²) in [6.07, 6.45) is 2.64. The van der Waals surface area contributed by atoms with Crippen LogP contribution in [0.15, 0.2) is 30.5 Å². The first-order chi connectivity index (χ1) is 8.69. The van der Waals surface area contributed by atoms with E-state index in [2.05, 4.69) is 18.1 Å². The van der Waals surface area contributed by atoms with E-state index in [9.17, 15) is 5.26 Å². The molecule has 0 aliphatic heterocycles. The Labute approximate surface area is 112 Å². The number of aryl methyl sites for hydroxylation is 1. The summed E-state index contributed by atoms with van der Waals surface area (Å²) in [5.74, 6) is 0.113. The number of halogens is 1. The summed E-state index contributed by atoms with van der Waals surface area (Å²) in [6, 6.07) is 9.96. The molecule has 2 aromatic rings. The van der Waals surface area contributed by atoms with Crippen molar-refractivity contribution in [1.29, 1.82) is 5.26 Å². The van der Waals surface area contributed by atoms with Crippen LogP contribution in [0.25, 0.3) is 0 Å². The van der Waals surface area contributed by atoms with Gasteiger partial charge in [0.25, 0.3) is 0 Å². The van der Waals surface area contributed by atoms with E-state index < -0.39 is 0 Å². The highest BCUT2D eigenvalue weighted by molar-refractivity contribution is 6.31. The van der Waals surface area contributed by atoms with Crippen molar-refractivity contribution >= 4 is 11.6 Å². The molecule has 0 saturated heterocycles. The topological polar surface area (TPSA) is 41.6 Å². The molecule has 1 aromatic carbocycles. The Morgan fingerprint density at radius 1 is 1.39 bits per heavy atom. The zero-order chi connectivity index (χ0) is 13.1. The Hall–Kier alpha value is -1.79. The number of rotatable bonds is 3. The minimum absolute atomic E-state index is 0.113. The molecule has 0 spiro atoms. The van der Waals surface area contributed by atoms with Crippen molar-refractivity contribution in [2.24, 2.45) is 7.05 Å². The largest absolute Gasteiger partial charge is 0.258 e. The van der Waals surface area contributed by atoms with Crippen LogP contribution in [0.4, 0.5) is 0 Å². The fraction of sp³-hybridized carbons (Fsp3) is 0.286. The number of benzene rings is 1. The van der Waals surface area contributed by atoms with Gasteiger partial charge in [0.05, 0.1) is 6.20 Å². The van der Waals surface area contributed by atoms with E-state index in [0.717, 1.165) is 22.6 Å². The van der Waals surface area contributed by atoms with Gasteiger partial charge in [-0.3, -0.25) is 4.68 Å². The first-order valence-corrected chi connectivity index (χ1v) is 6.23. The molecular formula is C14H14ClN3. The highest BCUT2D eigenvalue weighted by Gasteiger charge is 2.20. The van der Waals surface area contributed by atoms with Crippen molar-refractivity contribution < 1.29 is 0 Å². The number of aromatic nitrogens is 2. The van der Waals surface area contributed by atoms with Crippen molar-refractivity contribution in [2.45, 2.75) is 19.3 Å². The second kappa shape index (κ2) is 5.24. The van der Waals surface area contributed by atoms with Gasteiger partial charge in [0, 0.05) is 23.6 Å². The minimum Gasteiger partial charge on any atom is -0.258 e. The third kappa shape index (κ3) is 2.12. The first-order valence-electron chi connectivity index (χ1n) is 5.85. The molecular weight excluding hydrogens is 246 g/mol. The van der Waals surface area contributed by atoms with Gasteiger partial charge in [-0.05, 0) is 18.1 Å². The van der Waals surface area contributed by atoms with Crippen LogP contribution in [-0.2, 0) is 7.05 Å². The van der Waals surface area contributed by atoms with Crippen LogP contribution in [0.5, 0.6) is 0 Å². The lowest BCUT2D eigenvalue weighted by Crippen LogP contribution is -2.03. The van der Waals surface area contributed by atoms with Crippen molar-refractivity contribution in [3.8, 4) is 6.07 Å². The minimum atomic E-state index is 0.113. The molecule has 0 unspecified atom stereocenters. The lowest BCUT2D eigenvalue weighted by Gasteiger charge is -2.15. The van der Waals surface area contributed by atoms with Crippen LogP contribution in [0.2, 0.25) is 5.02 Å². The zero-order valence-corrected chi connectivity index (χ0v) is 11.1. The van der Waals surface area contributed by atoms with Gasteiger partial charge in [0.2, 0.25) is 0 Å². The fourth-order valence-electron chi connectivity index (χ4n) is 2.21. The molecule has 92 valence electrons. The van der Waals surface area contributed by atoms with Gasteiger partial charge < -0.3 is 0 Å². The Morgan fingerprint density at radius 3 is 2.72 bits per heavy atom. The Balaban J connectivity index is 2.53. The summed E-state index contributed by atoms with van der Waals surface area (Å²) in [7, 11) is 1.78. The molecule has 0 aliphatic rings. The second-order valence-corrected chi connectivity index (χ2v) is 4.57. The summed E-state index contributed by atoms with van der Waals surface area (Å²) in [4.78, 5) is 0. The van der Waals surface area contributed by atoms with Gasteiger partial charge in [-0.1, -0.05) is 36.7 Å². The summed E-state index contributed by atoms with van der Waals surface area (Å²) in [5, 5.41) is 14.1. The summed E-state index contributed by atoms with van der Waals surface area (Å²) < 4.78 is 1.61. The van der Waals surface area contributed by atoms with E-state index in [-0.39, 0.29) is 5.92 Å². The van der Waals surface area contributed by atoms with Gasteiger partial charge >= 0.3 is 0 Å². The van der Waals surface area contributed by atoms with Gasteiger partial charge in [-0.25, -0.2) is 0 Å². The molecule has 1 heterocycles. The Kier molecular flexibility index (Phi) is 3.69. The average molecular weight is 260 g/mol. The molecule has 0 bridgehead atoms. The van der Waals surface area contributed by atoms with Crippen molar-refractivity contribution in [1.82, 2.24) is 9.78 Å². The van der Waals surface area contributed by atoms with Gasteiger partial charge in [0.1, 0.15) is 11.8 Å². The van der Waals surface area contributed by atoms with E-state index in [1.54, 1.807) is 17.9 Å². The van der Waals surface area contributed by atoms with Crippen molar-refractivity contribution in [3.05, 3.63) is 52.3 Å². The monoisotopic (exact) mass is 259 g/mol. The van der Waals surface area contributed by atoms with E-state index in [1.807, 2.05) is 24.3 Å². The zero-order valence-electron chi connectivity index (χ0n) is 10.4. The third-order valence-electron chi connectivity index (χ3n) is 3.14. The number of hydrogen-bond donors (Lipinski definition) is 0. The lowest BCUT2D eigenvalue weighted by atomic mass is 9.89. The van der Waals surface area contributed by atoms with E-state index >= 15 is 0 Å². The maximum absolute atomic E-state index is 9.20. The van der Waals surface area contributed by atoms with Crippen LogP contribution >= 0.6 is 11.6 Å². The van der Waals surface area contributed by atoms with Crippen LogP contribution in [0, 0.1) is 11.3 Å². The first kappa shape index (κ1) is 12.7. The van der Waals surface area contributed by atoms with Crippen LogP contribution < -0.4 is 0 Å². The maximum atomic E-state index is 9.20. The number of hydrogen-bond acceptors (Lipinski definition) is 2. The molecule has 0 saturated carbocycles. The molecule has 0 amide bonds. The molecule has 4 heteroatoms. The van der Waals surface area contributed by atoms with Crippen LogP contribution in [0.1, 0.15) is 36.1 Å². The highest BCUT2D eigenvalue weighted by atomic mass is 35.5. The predicted octanol–water partition coefficient (Wildman–Crippen LogP) is 3.49. The molecule has 1 atom stereocenters. The van der Waals surface area contributed by atoms with Crippen molar-refractivity contribution in [3.63, 3.8) is 0 Å². The third-order valence-corrected chi connectivity index (χ3v) is 3.48. The van der Waals surface area contributed by atoms with Gasteiger partial charge in [-0.2, -0.15) is 10.4 Å². The Morgan fingerprint density at radius 2 is 2.11 bits per heavy atom. The molecule has 0 N–H and O–H groups in total. The molecule has 0 fully saturated rings. The van der Waals surface area contributed by atoms with E-state index in [0.29, 0.717) is 5.69 Å². The van der Waals surface area contributed by atoms with E-state index in [1.165, 1.54) is 0 Å². The summed E-state index contributed by atoms with van der Waals surface area (Å²) >= 11 is 6.24. The molecule has 2 rings (SSSR count). The second-order valence-electron chi connectivity index (χ2n) is 4.17. The smallest absolute Gasteiger partial charge is 0.141 e. The molecule has 18 heavy (non-hydrogen) atoms. The average Bonchev–Trinajstić information content (AvgIpc) is 2.74. The van der Waals surface area contributed by atoms with Crippen molar-refractivity contribution in [2.75, 3.05) is 0 Å². The van der Waals surface area contributed by atoms with Crippen LogP contribution in [-0.4, -0.2) is 9.78 Å². The molecule has 0 aliphatic carbocycles. The predicted molar refractivity (Wildman–Crippen MR) is 71.5 cm³/mol. The molecule has 1 aromatic heterocycles. The maximum Gasteiger partial charge on any atom is 0.141 e. The molecule has 0 radical (unpaired) electrons. The fourth-order valence-corrected chi connectivity index (χ4v) is 2.48. The number of nitrogens with zero attached hydrogens (tertiary/aromatic N) is 3. The molecule has 3 nitrogen and oxygen atoms in total.